The number of aromatic amines is 1. The zero-order chi connectivity index (χ0) is 14.3. The SMILES string of the molecule is COC(=O)c1ccc2c(c1)c(=O)[nH]c1nnc(Cl)cc12. The number of H-pyrrole nitrogens is 1. The van der Waals surface area contributed by atoms with Crippen molar-refractivity contribution in [3.05, 3.63) is 45.3 Å². The quantitative estimate of drug-likeness (QED) is 0.546. The van der Waals surface area contributed by atoms with Gasteiger partial charge in [-0.15, -0.1) is 10.2 Å². The van der Waals surface area contributed by atoms with Gasteiger partial charge in [-0.3, -0.25) is 4.79 Å². The zero-order valence-electron chi connectivity index (χ0n) is 10.3. The maximum absolute atomic E-state index is 12.0. The number of pyridine rings is 1. The van der Waals surface area contributed by atoms with Gasteiger partial charge in [0.05, 0.1) is 12.7 Å². The van der Waals surface area contributed by atoms with Gasteiger partial charge in [-0.1, -0.05) is 17.7 Å². The fourth-order valence-electron chi connectivity index (χ4n) is 2.05. The van der Waals surface area contributed by atoms with Crippen molar-refractivity contribution in [1.82, 2.24) is 15.2 Å². The molecular formula is C13H8ClN3O3. The van der Waals surface area contributed by atoms with Gasteiger partial charge in [0.1, 0.15) is 0 Å². The lowest BCUT2D eigenvalue weighted by atomic mass is 10.1. The van der Waals surface area contributed by atoms with E-state index in [1.54, 1.807) is 18.2 Å². The summed E-state index contributed by atoms with van der Waals surface area (Å²) in [6, 6.07) is 6.34. The number of nitrogens with one attached hydrogen (secondary N) is 1. The molecule has 0 aliphatic heterocycles. The fraction of sp³-hybridized carbons (Fsp3) is 0.0769. The summed E-state index contributed by atoms with van der Waals surface area (Å²) in [4.78, 5) is 26.1. The number of rotatable bonds is 1. The molecule has 2 heterocycles. The smallest absolute Gasteiger partial charge is 0.337 e. The monoisotopic (exact) mass is 289 g/mol. The topological polar surface area (TPSA) is 84.9 Å². The maximum atomic E-state index is 12.0. The predicted octanol–water partition coefficient (Wildman–Crippen LogP) is 1.91. The van der Waals surface area contributed by atoms with Gasteiger partial charge in [0.25, 0.3) is 5.56 Å². The Morgan fingerprint density at radius 1 is 1.20 bits per heavy atom. The average Bonchev–Trinajstić information content (AvgIpc) is 2.47. The van der Waals surface area contributed by atoms with Gasteiger partial charge < -0.3 is 9.72 Å². The standard InChI is InChI=1S/C13H8ClN3O3/c1-20-13(19)6-2-3-7-8-5-10(14)16-17-11(8)15-12(18)9(7)4-6/h2-5H,1H3,(H,15,17,18). The molecule has 7 heteroatoms. The molecule has 0 unspecified atom stereocenters. The third kappa shape index (κ3) is 1.90. The van der Waals surface area contributed by atoms with Gasteiger partial charge in [-0.05, 0) is 23.6 Å². The van der Waals surface area contributed by atoms with E-state index < -0.39 is 5.97 Å². The van der Waals surface area contributed by atoms with Crippen LogP contribution in [0.1, 0.15) is 10.4 Å². The number of benzene rings is 1. The van der Waals surface area contributed by atoms with Crippen LogP contribution in [0.25, 0.3) is 21.8 Å². The van der Waals surface area contributed by atoms with Crippen molar-refractivity contribution in [3.63, 3.8) is 0 Å². The van der Waals surface area contributed by atoms with Crippen molar-refractivity contribution < 1.29 is 9.53 Å². The molecule has 0 aliphatic rings. The first kappa shape index (κ1) is 12.6. The number of nitrogens with zero attached hydrogens (tertiary/aromatic N) is 2. The highest BCUT2D eigenvalue weighted by atomic mass is 35.5. The van der Waals surface area contributed by atoms with Gasteiger partial charge in [-0.25, -0.2) is 4.79 Å². The zero-order valence-corrected chi connectivity index (χ0v) is 11.1. The lowest BCUT2D eigenvalue weighted by molar-refractivity contribution is 0.0601. The van der Waals surface area contributed by atoms with Crippen LogP contribution in [0, 0.1) is 0 Å². The van der Waals surface area contributed by atoms with Crippen LogP contribution >= 0.6 is 11.6 Å². The second-order valence-electron chi connectivity index (χ2n) is 4.14. The third-order valence-corrected chi connectivity index (χ3v) is 3.16. The summed E-state index contributed by atoms with van der Waals surface area (Å²) in [5, 5.41) is 9.42. The number of esters is 1. The molecule has 3 aromatic rings. The largest absolute Gasteiger partial charge is 0.465 e. The van der Waals surface area contributed by atoms with E-state index in [-0.39, 0.29) is 10.7 Å². The number of carbonyl (C=O) groups excluding carboxylic acids is 1. The van der Waals surface area contributed by atoms with E-state index in [1.165, 1.54) is 13.2 Å². The second kappa shape index (κ2) is 4.57. The summed E-state index contributed by atoms with van der Waals surface area (Å²) in [6.45, 7) is 0. The van der Waals surface area contributed by atoms with Crippen LogP contribution in [0.4, 0.5) is 0 Å². The van der Waals surface area contributed by atoms with Crippen molar-refractivity contribution in [2.75, 3.05) is 7.11 Å². The molecule has 0 fully saturated rings. The molecule has 0 aliphatic carbocycles. The normalized spacial score (nSPS) is 10.9. The number of aromatic nitrogens is 3. The minimum atomic E-state index is -0.503. The van der Waals surface area contributed by atoms with Crippen LogP contribution in [-0.4, -0.2) is 28.3 Å². The first-order valence-electron chi connectivity index (χ1n) is 5.67. The van der Waals surface area contributed by atoms with E-state index in [0.717, 1.165) is 0 Å². The molecule has 0 spiro atoms. The Bertz CT molecular complexity index is 904. The van der Waals surface area contributed by atoms with Crippen LogP contribution in [0.3, 0.4) is 0 Å². The Hall–Kier alpha value is -2.47. The van der Waals surface area contributed by atoms with Gasteiger partial charge in [0.15, 0.2) is 10.8 Å². The van der Waals surface area contributed by atoms with E-state index in [9.17, 15) is 9.59 Å². The van der Waals surface area contributed by atoms with Gasteiger partial charge >= 0.3 is 5.97 Å². The summed E-state index contributed by atoms with van der Waals surface area (Å²) in [5.41, 5.74) is 0.297. The lowest BCUT2D eigenvalue weighted by Crippen LogP contribution is -2.09. The summed E-state index contributed by atoms with van der Waals surface area (Å²) < 4.78 is 4.64. The van der Waals surface area contributed by atoms with Crippen molar-refractivity contribution >= 4 is 39.4 Å². The molecule has 1 aromatic carbocycles. The van der Waals surface area contributed by atoms with E-state index in [4.69, 9.17) is 11.6 Å². The van der Waals surface area contributed by atoms with Gasteiger partial charge in [-0.2, -0.15) is 0 Å². The molecule has 0 saturated heterocycles. The Balaban J connectivity index is 2.42. The summed E-state index contributed by atoms with van der Waals surface area (Å²) in [5.74, 6) is -0.503. The second-order valence-corrected chi connectivity index (χ2v) is 4.52. The molecule has 0 radical (unpaired) electrons. The number of hydrogen-bond acceptors (Lipinski definition) is 5. The Kier molecular flexibility index (Phi) is 2.87. The molecule has 0 atom stereocenters. The highest BCUT2D eigenvalue weighted by Crippen LogP contribution is 2.22. The number of fused-ring (bicyclic) bond motifs is 3. The van der Waals surface area contributed by atoms with E-state index in [1.807, 2.05) is 0 Å². The van der Waals surface area contributed by atoms with Gasteiger partial charge in [0, 0.05) is 10.8 Å². The minimum absolute atomic E-state index is 0.225. The molecule has 1 N–H and O–H groups in total. The first-order valence-corrected chi connectivity index (χ1v) is 6.05. The van der Waals surface area contributed by atoms with Crippen LogP contribution in [0.5, 0.6) is 0 Å². The molecule has 0 saturated carbocycles. The van der Waals surface area contributed by atoms with Crippen molar-refractivity contribution in [1.29, 1.82) is 0 Å². The molecule has 0 bridgehead atoms. The Morgan fingerprint density at radius 3 is 2.75 bits per heavy atom. The van der Waals surface area contributed by atoms with Crippen LogP contribution in [0.2, 0.25) is 5.15 Å². The summed E-state index contributed by atoms with van der Waals surface area (Å²) >= 11 is 5.82. The van der Waals surface area contributed by atoms with Crippen molar-refractivity contribution in [3.8, 4) is 0 Å². The predicted molar refractivity (Wildman–Crippen MR) is 74.0 cm³/mol. The van der Waals surface area contributed by atoms with E-state index in [2.05, 4.69) is 19.9 Å². The number of carbonyl (C=O) groups is 1. The van der Waals surface area contributed by atoms with Gasteiger partial charge in [0.2, 0.25) is 0 Å². The fourth-order valence-corrected chi connectivity index (χ4v) is 2.20. The first-order chi connectivity index (χ1) is 9.60. The molecule has 2 aromatic heterocycles. The molecule has 100 valence electrons. The van der Waals surface area contributed by atoms with Crippen molar-refractivity contribution in [2.24, 2.45) is 0 Å². The van der Waals surface area contributed by atoms with Crippen LogP contribution in [-0.2, 0) is 4.74 Å². The highest BCUT2D eigenvalue weighted by Gasteiger charge is 2.11. The number of hydrogen-bond donors (Lipinski definition) is 1. The molecule has 3 rings (SSSR count). The number of halogens is 1. The van der Waals surface area contributed by atoms with Crippen molar-refractivity contribution in [2.45, 2.75) is 0 Å². The summed E-state index contributed by atoms with van der Waals surface area (Å²) in [6.07, 6.45) is 0. The molecule has 20 heavy (non-hydrogen) atoms. The minimum Gasteiger partial charge on any atom is -0.465 e. The van der Waals surface area contributed by atoms with Crippen LogP contribution in [0.15, 0.2) is 29.1 Å². The van der Waals surface area contributed by atoms with Crippen LogP contribution < -0.4 is 5.56 Å². The maximum Gasteiger partial charge on any atom is 0.337 e. The third-order valence-electron chi connectivity index (χ3n) is 2.97. The lowest BCUT2D eigenvalue weighted by Gasteiger charge is -2.04. The average molecular weight is 290 g/mol. The Morgan fingerprint density at radius 2 is 2.00 bits per heavy atom. The number of ether oxygens (including phenoxy) is 1. The molecular weight excluding hydrogens is 282 g/mol. The highest BCUT2D eigenvalue weighted by molar-refractivity contribution is 6.30. The van der Waals surface area contributed by atoms with E-state index >= 15 is 0 Å². The number of methoxy groups -OCH3 is 1. The van der Waals surface area contributed by atoms with E-state index in [0.29, 0.717) is 27.4 Å². The molecule has 6 nitrogen and oxygen atoms in total. The molecule has 0 amide bonds. The summed E-state index contributed by atoms with van der Waals surface area (Å²) in [7, 11) is 1.28. The Labute approximate surface area is 117 Å².